The number of nitrogens with zero attached hydrogens (tertiary/aromatic N) is 3. The van der Waals surface area contributed by atoms with Crippen LogP contribution in [-0.2, 0) is 0 Å². The van der Waals surface area contributed by atoms with Crippen LogP contribution >= 0.6 is 11.3 Å². The van der Waals surface area contributed by atoms with Crippen molar-refractivity contribution in [3.05, 3.63) is 145 Å². The molecule has 200 valence electrons. The molecule has 0 radical (unpaired) electrons. The average Bonchev–Trinajstić information content (AvgIpc) is 3.60. The Kier molecular flexibility index (Phi) is 5.87. The van der Waals surface area contributed by atoms with Crippen molar-refractivity contribution in [3.8, 4) is 16.8 Å². The molecular weight excluding hydrogens is 531 g/mol. The first-order valence-electron chi connectivity index (χ1n) is 14.1. The molecule has 2 aromatic heterocycles. The number of benzene rings is 5. The number of rotatable bonds is 5. The van der Waals surface area contributed by atoms with Crippen LogP contribution in [0.1, 0.15) is 5.56 Å². The molecule has 1 aliphatic heterocycles. The van der Waals surface area contributed by atoms with Crippen LogP contribution in [0, 0.1) is 0 Å². The van der Waals surface area contributed by atoms with Gasteiger partial charge in [0.05, 0.1) is 16.7 Å². The van der Waals surface area contributed by atoms with Crippen molar-refractivity contribution >= 4 is 65.7 Å². The number of hydrogen-bond acceptors (Lipinski definition) is 3. The number of hydrogen-bond donors (Lipinski definition) is 0. The second-order valence-electron chi connectivity index (χ2n) is 10.5. The van der Waals surface area contributed by atoms with E-state index in [0.717, 1.165) is 23.5 Å². The van der Waals surface area contributed by atoms with Gasteiger partial charge < -0.3 is 9.47 Å². The molecule has 42 heavy (non-hydrogen) atoms. The fourth-order valence-corrected chi connectivity index (χ4v) is 7.41. The van der Waals surface area contributed by atoms with Crippen molar-refractivity contribution in [2.45, 2.75) is 0 Å². The molecule has 0 fully saturated rings. The summed E-state index contributed by atoms with van der Waals surface area (Å²) in [5.41, 5.74) is 8.00. The summed E-state index contributed by atoms with van der Waals surface area (Å²) in [5.74, 6) is 0. The van der Waals surface area contributed by atoms with Crippen LogP contribution in [0.25, 0.3) is 64.5 Å². The fraction of sp³-hybridized carbons (Fsp3) is 0.0263. The van der Waals surface area contributed by atoms with E-state index in [2.05, 4.69) is 149 Å². The second kappa shape index (κ2) is 10.0. The first kappa shape index (κ1) is 24.6. The number of aliphatic imine (C=N–C) groups is 1. The van der Waals surface area contributed by atoms with Crippen molar-refractivity contribution in [3.63, 3.8) is 0 Å². The quantitative estimate of drug-likeness (QED) is 0.193. The van der Waals surface area contributed by atoms with E-state index < -0.39 is 0 Å². The molecule has 0 saturated carbocycles. The second-order valence-corrected chi connectivity index (χ2v) is 11.6. The molecule has 0 saturated heterocycles. The summed E-state index contributed by atoms with van der Waals surface area (Å²) in [5, 5.41) is 5.14. The lowest BCUT2D eigenvalue weighted by atomic mass is 10.0. The zero-order valence-corrected chi connectivity index (χ0v) is 23.8. The predicted octanol–water partition coefficient (Wildman–Crippen LogP) is 10.2. The van der Waals surface area contributed by atoms with Crippen LogP contribution in [0.5, 0.6) is 0 Å². The van der Waals surface area contributed by atoms with E-state index in [1.807, 2.05) is 23.6 Å². The lowest BCUT2D eigenvalue weighted by Gasteiger charge is -2.17. The van der Waals surface area contributed by atoms with Crippen molar-refractivity contribution < 1.29 is 0 Å². The fourth-order valence-electron chi connectivity index (χ4n) is 6.17. The summed E-state index contributed by atoms with van der Waals surface area (Å²) in [6.45, 7) is 4.68. The monoisotopic (exact) mass is 557 g/mol. The summed E-state index contributed by atoms with van der Waals surface area (Å²) in [4.78, 5) is 6.47. The molecule has 3 heterocycles. The van der Waals surface area contributed by atoms with Gasteiger partial charge in [-0.15, -0.1) is 11.3 Å². The van der Waals surface area contributed by atoms with E-state index in [1.165, 1.54) is 53.1 Å². The highest BCUT2D eigenvalue weighted by Crippen LogP contribution is 2.45. The van der Waals surface area contributed by atoms with Crippen molar-refractivity contribution in [2.75, 3.05) is 6.54 Å². The van der Waals surface area contributed by atoms with E-state index in [-0.39, 0.29) is 0 Å². The minimum atomic E-state index is 0.825. The summed E-state index contributed by atoms with van der Waals surface area (Å²) in [6, 6.07) is 39.5. The average molecular weight is 558 g/mol. The molecule has 7 aromatic rings. The van der Waals surface area contributed by atoms with E-state index in [1.54, 1.807) is 0 Å². The maximum Gasteiger partial charge on any atom is 0.0856 e. The largest absolute Gasteiger partial charge is 0.348 e. The lowest BCUT2D eigenvalue weighted by molar-refractivity contribution is 0.561. The van der Waals surface area contributed by atoms with Crippen LogP contribution in [0.4, 0.5) is 0 Å². The Morgan fingerprint density at radius 3 is 2.38 bits per heavy atom. The SMILES string of the molecule is C=N/C(=C\N1C=CC=CC1)c1ccc(-n2c3ccccc3c3ccc4sc5c(-c6ccccc6)cccc5c4c32)cc1. The van der Waals surface area contributed by atoms with Gasteiger partial charge in [-0.2, -0.15) is 0 Å². The minimum Gasteiger partial charge on any atom is -0.348 e. The third-order valence-electron chi connectivity index (χ3n) is 8.10. The van der Waals surface area contributed by atoms with Crippen LogP contribution in [0.3, 0.4) is 0 Å². The van der Waals surface area contributed by atoms with Gasteiger partial charge in [-0.1, -0.05) is 97.1 Å². The number of allylic oxidation sites excluding steroid dienone is 2. The van der Waals surface area contributed by atoms with Crippen LogP contribution in [0.15, 0.2) is 145 Å². The maximum absolute atomic E-state index is 4.35. The molecule has 1 aliphatic rings. The van der Waals surface area contributed by atoms with Crippen LogP contribution < -0.4 is 0 Å². The van der Waals surface area contributed by atoms with Crippen molar-refractivity contribution in [1.82, 2.24) is 9.47 Å². The molecule has 0 amide bonds. The van der Waals surface area contributed by atoms with Gasteiger partial charge in [0.15, 0.2) is 0 Å². The van der Waals surface area contributed by atoms with Gasteiger partial charge in [0, 0.05) is 61.1 Å². The summed E-state index contributed by atoms with van der Waals surface area (Å²) < 4.78 is 5.05. The van der Waals surface area contributed by atoms with Gasteiger partial charge >= 0.3 is 0 Å². The van der Waals surface area contributed by atoms with Crippen molar-refractivity contribution in [2.24, 2.45) is 4.99 Å². The Labute approximate surface area is 248 Å². The highest BCUT2D eigenvalue weighted by molar-refractivity contribution is 7.26. The zero-order chi connectivity index (χ0) is 28.0. The molecule has 8 rings (SSSR count). The van der Waals surface area contributed by atoms with Crippen LogP contribution in [-0.4, -0.2) is 22.7 Å². The number of aromatic nitrogens is 1. The molecular formula is C38H27N3S. The first-order valence-corrected chi connectivity index (χ1v) is 14.9. The normalized spacial score (nSPS) is 13.6. The predicted molar refractivity (Wildman–Crippen MR) is 182 cm³/mol. The topological polar surface area (TPSA) is 20.5 Å². The third kappa shape index (κ3) is 3.92. The van der Waals surface area contributed by atoms with Gasteiger partial charge in [0.25, 0.3) is 0 Å². The smallest absolute Gasteiger partial charge is 0.0856 e. The Balaban J connectivity index is 1.36. The molecule has 3 nitrogen and oxygen atoms in total. The van der Waals surface area contributed by atoms with Crippen molar-refractivity contribution in [1.29, 1.82) is 0 Å². The highest BCUT2D eigenvalue weighted by Gasteiger charge is 2.19. The van der Waals surface area contributed by atoms with E-state index >= 15 is 0 Å². The standard InChI is InChI=1S/C38H27N3S/c1-39-33(25-40-23-8-3-9-24-40)27-17-19-28(20-18-27)41-34-16-7-6-13-30(34)31-21-22-35-36(37(31)41)32-15-10-14-29(38(32)42-35)26-11-4-2-5-12-26/h2-23,25H,1,24H2/b33-25-. The lowest BCUT2D eigenvalue weighted by Crippen LogP contribution is -2.11. The summed E-state index contributed by atoms with van der Waals surface area (Å²) in [7, 11) is 0. The molecule has 0 aliphatic carbocycles. The Morgan fingerprint density at radius 1 is 0.762 bits per heavy atom. The van der Waals surface area contributed by atoms with Crippen LogP contribution in [0.2, 0.25) is 0 Å². The highest BCUT2D eigenvalue weighted by atomic mass is 32.1. The summed E-state index contributed by atoms with van der Waals surface area (Å²) in [6.07, 6.45) is 10.3. The molecule has 5 aromatic carbocycles. The van der Waals surface area contributed by atoms with Gasteiger partial charge in [-0.3, -0.25) is 4.99 Å². The molecule has 0 unspecified atom stereocenters. The molecule has 0 spiro atoms. The minimum absolute atomic E-state index is 0.825. The Morgan fingerprint density at radius 2 is 1.57 bits per heavy atom. The first-order chi connectivity index (χ1) is 20.8. The van der Waals surface area contributed by atoms with E-state index in [9.17, 15) is 0 Å². The van der Waals surface area contributed by atoms with Gasteiger partial charge in [0.2, 0.25) is 0 Å². The molecule has 4 heteroatoms. The molecule has 0 atom stereocenters. The van der Waals surface area contributed by atoms with Gasteiger partial charge in [-0.25, -0.2) is 0 Å². The molecule has 0 bridgehead atoms. The molecule has 0 N–H and O–H groups in total. The number of thiophene rings is 1. The Hall–Kier alpha value is -5.19. The third-order valence-corrected chi connectivity index (χ3v) is 9.30. The van der Waals surface area contributed by atoms with Gasteiger partial charge in [0.1, 0.15) is 0 Å². The number of para-hydroxylation sites is 1. The zero-order valence-electron chi connectivity index (χ0n) is 22.9. The van der Waals surface area contributed by atoms with Gasteiger partial charge in [-0.05, 0) is 48.2 Å². The maximum atomic E-state index is 4.35. The van der Waals surface area contributed by atoms with E-state index in [4.69, 9.17) is 0 Å². The Bertz CT molecular complexity index is 2230. The number of fused-ring (bicyclic) bond motifs is 7. The van der Waals surface area contributed by atoms with E-state index in [0.29, 0.717) is 0 Å². The summed E-state index contributed by atoms with van der Waals surface area (Å²) >= 11 is 1.88.